The number of hydrogen-bond donors (Lipinski definition) is 0. The molecule has 0 aromatic heterocycles. The number of alkyl halides is 1. The van der Waals surface area contributed by atoms with Crippen LogP contribution in [0.2, 0.25) is 0 Å². The Hall–Kier alpha value is 0.220. The normalized spacial score (nSPS) is 45.6. The Morgan fingerprint density at radius 3 is 2.08 bits per heavy atom. The van der Waals surface area contributed by atoms with Crippen LogP contribution < -0.4 is 0 Å². The molecule has 0 radical (unpaired) electrons. The monoisotopic (exact) mass is 242 g/mol. The minimum Gasteiger partial charge on any atom is -0.0979 e. The van der Waals surface area contributed by atoms with Gasteiger partial charge >= 0.3 is 0 Å². The maximum atomic E-state index is 4.31. The van der Waals surface area contributed by atoms with Gasteiger partial charge in [-0.2, -0.15) is 0 Å². The summed E-state index contributed by atoms with van der Waals surface area (Å²) < 4.78 is 0.216. The van der Waals surface area contributed by atoms with Crippen molar-refractivity contribution < 1.29 is 0 Å². The van der Waals surface area contributed by atoms with E-state index in [2.05, 4.69) is 50.2 Å². The van der Waals surface area contributed by atoms with Crippen molar-refractivity contribution in [1.82, 2.24) is 0 Å². The summed E-state index contributed by atoms with van der Waals surface area (Å²) in [4.78, 5) is 0. The van der Waals surface area contributed by atoms with Crippen LogP contribution in [0.3, 0.4) is 0 Å². The molecule has 0 heterocycles. The molecule has 2 atom stereocenters. The van der Waals surface area contributed by atoms with E-state index in [0.29, 0.717) is 10.8 Å². The molecule has 2 saturated carbocycles. The summed E-state index contributed by atoms with van der Waals surface area (Å²) in [6.45, 7) is 13.8. The maximum absolute atomic E-state index is 4.31. The molecular formula is C12H19Br. The van der Waals surface area contributed by atoms with E-state index in [1.807, 2.05) is 0 Å². The lowest BCUT2D eigenvalue weighted by molar-refractivity contribution is 0.189. The van der Waals surface area contributed by atoms with Gasteiger partial charge in [0.25, 0.3) is 0 Å². The fraction of sp³-hybridized carbons (Fsp3) is 0.833. The van der Waals surface area contributed by atoms with Crippen LogP contribution >= 0.6 is 15.9 Å². The van der Waals surface area contributed by atoms with Gasteiger partial charge in [0, 0.05) is 0 Å². The van der Waals surface area contributed by atoms with Crippen molar-refractivity contribution in [3.8, 4) is 0 Å². The first-order valence-corrected chi connectivity index (χ1v) is 5.92. The molecule has 2 aliphatic carbocycles. The number of fused-ring (bicyclic) bond motifs is 2. The highest BCUT2D eigenvalue weighted by atomic mass is 79.9. The zero-order valence-electron chi connectivity index (χ0n) is 9.08. The first kappa shape index (κ1) is 9.76. The number of halogens is 1. The van der Waals surface area contributed by atoms with Gasteiger partial charge in [-0.05, 0) is 29.6 Å². The molecular weight excluding hydrogens is 224 g/mol. The molecule has 0 nitrogen and oxygen atoms in total. The van der Waals surface area contributed by atoms with Crippen LogP contribution in [0.25, 0.3) is 0 Å². The first-order chi connectivity index (χ1) is 5.74. The van der Waals surface area contributed by atoms with Crippen molar-refractivity contribution in [2.45, 2.75) is 44.9 Å². The van der Waals surface area contributed by atoms with Gasteiger partial charge in [0.05, 0.1) is 4.32 Å². The zero-order chi connectivity index (χ0) is 10.1. The third-order valence-corrected chi connectivity index (χ3v) is 6.69. The van der Waals surface area contributed by atoms with Gasteiger partial charge in [0.15, 0.2) is 0 Å². The molecule has 2 rings (SSSR count). The third kappa shape index (κ3) is 0.830. The number of hydrogen-bond acceptors (Lipinski definition) is 0. The first-order valence-electron chi connectivity index (χ1n) is 5.13. The Kier molecular flexibility index (Phi) is 1.68. The van der Waals surface area contributed by atoms with Gasteiger partial charge in [0.2, 0.25) is 0 Å². The molecule has 1 heteroatoms. The van der Waals surface area contributed by atoms with Crippen LogP contribution in [0.4, 0.5) is 0 Å². The summed E-state index contributed by atoms with van der Waals surface area (Å²) in [6.07, 6.45) is 2.62. The second-order valence-electron chi connectivity index (χ2n) is 5.81. The van der Waals surface area contributed by atoms with Crippen LogP contribution in [0.1, 0.15) is 40.5 Å². The minimum absolute atomic E-state index is 0.216. The van der Waals surface area contributed by atoms with Crippen molar-refractivity contribution in [2.24, 2.45) is 16.7 Å². The Bertz CT molecular complexity index is 275. The van der Waals surface area contributed by atoms with E-state index in [0.717, 1.165) is 5.92 Å². The molecule has 13 heavy (non-hydrogen) atoms. The van der Waals surface area contributed by atoms with Crippen molar-refractivity contribution in [3.05, 3.63) is 12.2 Å². The summed E-state index contributed by atoms with van der Waals surface area (Å²) in [6, 6.07) is 0. The molecule has 0 spiro atoms. The topological polar surface area (TPSA) is 0 Å². The molecule has 0 aromatic carbocycles. The van der Waals surface area contributed by atoms with E-state index >= 15 is 0 Å². The molecule has 2 fully saturated rings. The second kappa shape index (κ2) is 2.24. The molecule has 74 valence electrons. The molecule has 0 saturated heterocycles. The van der Waals surface area contributed by atoms with E-state index in [1.54, 1.807) is 0 Å². The predicted molar refractivity (Wildman–Crippen MR) is 61.1 cm³/mol. The van der Waals surface area contributed by atoms with E-state index < -0.39 is 0 Å². The lowest BCUT2D eigenvalue weighted by Crippen LogP contribution is -2.31. The van der Waals surface area contributed by atoms with Crippen LogP contribution in [-0.4, -0.2) is 4.32 Å². The summed E-state index contributed by atoms with van der Waals surface area (Å²) in [7, 11) is 0. The lowest BCUT2D eigenvalue weighted by Gasteiger charge is -2.35. The smallest absolute Gasteiger partial charge is 0.0522 e. The van der Waals surface area contributed by atoms with E-state index in [-0.39, 0.29) is 4.32 Å². The maximum Gasteiger partial charge on any atom is 0.0522 e. The average Bonchev–Trinajstić information content (AvgIpc) is 2.26. The Morgan fingerprint density at radius 2 is 1.85 bits per heavy atom. The molecule has 2 unspecified atom stereocenters. The highest BCUT2D eigenvalue weighted by Crippen LogP contribution is 2.72. The predicted octanol–water partition coefficient (Wildman–Crippen LogP) is 4.15. The van der Waals surface area contributed by atoms with Gasteiger partial charge in [-0.15, -0.1) is 0 Å². The quantitative estimate of drug-likeness (QED) is 0.443. The average molecular weight is 243 g/mol. The van der Waals surface area contributed by atoms with Gasteiger partial charge in [0.1, 0.15) is 0 Å². The summed E-state index contributed by atoms with van der Waals surface area (Å²) >= 11 is 3.95. The molecule has 0 aromatic rings. The Labute approximate surface area is 89.9 Å². The third-order valence-electron chi connectivity index (χ3n) is 4.80. The minimum atomic E-state index is 0.216. The van der Waals surface area contributed by atoms with Crippen LogP contribution in [-0.2, 0) is 0 Å². The van der Waals surface area contributed by atoms with Crippen molar-refractivity contribution in [2.75, 3.05) is 0 Å². The molecule has 0 N–H and O–H groups in total. The van der Waals surface area contributed by atoms with E-state index in [1.165, 1.54) is 18.4 Å². The van der Waals surface area contributed by atoms with Crippen LogP contribution in [0.5, 0.6) is 0 Å². The zero-order valence-corrected chi connectivity index (χ0v) is 10.7. The number of allylic oxidation sites excluding steroid dienone is 1. The Balaban J connectivity index is 2.58. The number of rotatable bonds is 0. The van der Waals surface area contributed by atoms with Crippen LogP contribution in [0, 0.1) is 16.7 Å². The van der Waals surface area contributed by atoms with E-state index in [9.17, 15) is 0 Å². The van der Waals surface area contributed by atoms with Crippen molar-refractivity contribution in [3.63, 3.8) is 0 Å². The van der Waals surface area contributed by atoms with Gasteiger partial charge in [-0.1, -0.05) is 55.8 Å². The van der Waals surface area contributed by atoms with Crippen molar-refractivity contribution >= 4 is 15.9 Å². The fourth-order valence-electron chi connectivity index (χ4n) is 3.83. The standard InChI is InChI=1S/C12H19Br/c1-8-10(2,3)9-6-7-12(8,13)11(9,4)5/h9H,1,6-7H2,2-5H3. The van der Waals surface area contributed by atoms with Gasteiger partial charge < -0.3 is 0 Å². The molecule has 0 aliphatic heterocycles. The molecule has 2 aliphatic rings. The van der Waals surface area contributed by atoms with Gasteiger partial charge in [-0.3, -0.25) is 0 Å². The largest absolute Gasteiger partial charge is 0.0979 e. The second-order valence-corrected chi connectivity index (χ2v) is 7.17. The highest BCUT2D eigenvalue weighted by molar-refractivity contribution is 9.10. The summed E-state index contributed by atoms with van der Waals surface area (Å²) in [5.74, 6) is 0.798. The van der Waals surface area contributed by atoms with Crippen molar-refractivity contribution in [1.29, 1.82) is 0 Å². The Morgan fingerprint density at radius 1 is 1.31 bits per heavy atom. The fourth-order valence-corrected chi connectivity index (χ4v) is 4.84. The lowest BCUT2D eigenvalue weighted by atomic mass is 9.71. The highest BCUT2D eigenvalue weighted by Gasteiger charge is 2.67. The summed E-state index contributed by atoms with van der Waals surface area (Å²) in [5.41, 5.74) is 2.12. The molecule has 2 bridgehead atoms. The van der Waals surface area contributed by atoms with Crippen LogP contribution in [0.15, 0.2) is 12.2 Å². The van der Waals surface area contributed by atoms with E-state index in [4.69, 9.17) is 0 Å². The SMILES string of the molecule is C=C1C(C)(C)C2CCC1(Br)C2(C)C. The molecule has 0 amide bonds. The van der Waals surface area contributed by atoms with Gasteiger partial charge in [-0.25, -0.2) is 0 Å². The summed E-state index contributed by atoms with van der Waals surface area (Å²) in [5, 5.41) is 0.